The predicted octanol–water partition coefficient (Wildman–Crippen LogP) is -0.180. The molecule has 0 unspecified atom stereocenters. The summed E-state index contributed by atoms with van der Waals surface area (Å²) in [6, 6.07) is 0. The van der Waals surface area contributed by atoms with Gasteiger partial charge in [0.1, 0.15) is 4.47 Å². The third-order valence-electron chi connectivity index (χ3n) is 0.864. The number of H-pyrrole nitrogens is 1. The van der Waals surface area contributed by atoms with Crippen molar-refractivity contribution in [3.63, 3.8) is 0 Å². The number of anilines is 1. The van der Waals surface area contributed by atoms with Crippen LogP contribution in [-0.4, -0.2) is 15.1 Å². The van der Waals surface area contributed by atoms with Crippen LogP contribution in [0.15, 0.2) is 9.27 Å². The minimum Gasteiger partial charge on any atom is -0.492 e. The molecule has 1 aromatic rings. The summed E-state index contributed by atoms with van der Waals surface area (Å²) in [5.41, 5.74) is 4.59. The number of rotatable bonds is 0. The second-order valence-electron chi connectivity index (χ2n) is 1.59. The first-order valence-electron chi connectivity index (χ1n) is 2.35. The van der Waals surface area contributed by atoms with Crippen molar-refractivity contribution in [2.24, 2.45) is 0 Å². The van der Waals surface area contributed by atoms with Gasteiger partial charge in [-0.2, -0.15) is 4.98 Å². The Morgan fingerprint density at radius 2 is 2.30 bits per heavy atom. The molecule has 5 nitrogen and oxygen atoms in total. The lowest BCUT2D eigenvalue weighted by molar-refractivity contribution is 0.448. The average Bonchev–Trinajstić information content (AvgIpc) is 1.82. The van der Waals surface area contributed by atoms with Crippen LogP contribution >= 0.6 is 15.9 Å². The smallest absolute Gasteiger partial charge is 0.270 e. The lowest BCUT2D eigenvalue weighted by Crippen LogP contribution is -2.11. The Bertz CT molecular complexity index is 308. The standard InChI is InChI=1S/C4H4BrN3O2/c5-1-2(9)7-4(6)8-3(1)10/h(H4,6,7,8,9,10). The normalized spacial score (nSPS) is 9.70. The summed E-state index contributed by atoms with van der Waals surface area (Å²) < 4.78 is -0.0123. The van der Waals surface area contributed by atoms with Crippen LogP contribution < -0.4 is 11.3 Å². The van der Waals surface area contributed by atoms with Gasteiger partial charge in [-0.3, -0.25) is 9.78 Å². The van der Waals surface area contributed by atoms with Crippen molar-refractivity contribution in [1.29, 1.82) is 0 Å². The molecule has 0 aromatic carbocycles. The summed E-state index contributed by atoms with van der Waals surface area (Å²) in [4.78, 5) is 16.2. The largest absolute Gasteiger partial charge is 0.492 e. The maximum absolute atomic E-state index is 10.7. The monoisotopic (exact) mass is 205 g/mol. The topological polar surface area (TPSA) is 92.0 Å². The Balaban J connectivity index is 3.46. The number of nitrogens with two attached hydrogens (primary N) is 1. The van der Waals surface area contributed by atoms with Crippen LogP contribution in [0.1, 0.15) is 0 Å². The highest BCUT2D eigenvalue weighted by Crippen LogP contribution is 2.14. The number of hydrogen-bond donors (Lipinski definition) is 3. The summed E-state index contributed by atoms with van der Waals surface area (Å²) in [6.07, 6.45) is 0. The molecule has 0 amide bonds. The number of nitrogen functional groups attached to an aromatic ring is 1. The third-order valence-corrected chi connectivity index (χ3v) is 1.58. The summed E-state index contributed by atoms with van der Waals surface area (Å²) in [5.74, 6) is -0.507. The van der Waals surface area contributed by atoms with Crippen LogP contribution in [0.2, 0.25) is 0 Å². The number of nitrogens with zero attached hydrogens (tertiary/aromatic N) is 1. The highest BCUT2D eigenvalue weighted by atomic mass is 79.9. The van der Waals surface area contributed by atoms with Crippen LogP contribution in [0.5, 0.6) is 5.88 Å². The molecule has 0 aliphatic carbocycles. The first-order valence-corrected chi connectivity index (χ1v) is 3.15. The zero-order valence-electron chi connectivity index (χ0n) is 4.76. The van der Waals surface area contributed by atoms with E-state index in [0.29, 0.717) is 0 Å². The Morgan fingerprint density at radius 1 is 1.70 bits per heavy atom. The lowest BCUT2D eigenvalue weighted by Gasteiger charge is -1.94. The number of aromatic amines is 1. The van der Waals surface area contributed by atoms with E-state index in [4.69, 9.17) is 10.8 Å². The quantitative estimate of drug-likeness (QED) is 0.548. The molecule has 0 saturated carbocycles. The second-order valence-corrected chi connectivity index (χ2v) is 2.38. The number of nitrogens with one attached hydrogen (secondary N) is 1. The van der Waals surface area contributed by atoms with Crippen molar-refractivity contribution in [1.82, 2.24) is 9.97 Å². The molecule has 10 heavy (non-hydrogen) atoms. The second kappa shape index (κ2) is 2.30. The molecule has 4 N–H and O–H groups in total. The number of aromatic nitrogens is 2. The van der Waals surface area contributed by atoms with Gasteiger partial charge in [0.05, 0.1) is 0 Å². The predicted molar refractivity (Wildman–Crippen MR) is 38.6 cm³/mol. The van der Waals surface area contributed by atoms with Crippen LogP contribution in [-0.2, 0) is 0 Å². The van der Waals surface area contributed by atoms with Gasteiger partial charge in [0.25, 0.3) is 5.56 Å². The van der Waals surface area contributed by atoms with E-state index in [1.165, 1.54) is 0 Å². The van der Waals surface area contributed by atoms with Gasteiger partial charge in [-0.25, -0.2) is 0 Å². The van der Waals surface area contributed by atoms with Gasteiger partial charge in [-0.15, -0.1) is 0 Å². The van der Waals surface area contributed by atoms with E-state index in [1.807, 2.05) is 0 Å². The molecule has 0 spiro atoms. The molecule has 0 aliphatic heterocycles. The van der Waals surface area contributed by atoms with E-state index in [0.717, 1.165) is 0 Å². The van der Waals surface area contributed by atoms with Gasteiger partial charge in [0, 0.05) is 0 Å². The molecule has 1 heterocycles. The van der Waals surface area contributed by atoms with Crippen LogP contribution in [0.25, 0.3) is 0 Å². The van der Waals surface area contributed by atoms with Crippen molar-refractivity contribution in [3.8, 4) is 5.88 Å². The van der Waals surface area contributed by atoms with Crippen LogP contribution in [0.3, 0.4) is 0 Å². The van der Waals surface area contributed by atoms with Gasteiger partial charge in [0.2, 0.25) is 11.8 Å². The van der Waals surface area contributed by atoms with Crippen LogP contribution in [0, 0.1) is 0 Å². The zero-order valence-corrected chi connectivity index (χ0v) is 6.34. The Kier molecular flexibility index (Phi) is 1.62. The van der Waals surface area contributed by atoms with Gasteiger partial charge < -0.3 is 10.8 Å². The van der Waals surface area contributed by atoms with Crippen LogP contribution in [0.4, 0.5) is 5.95 Å². The Morgan fingerprint density at radius 3 is 2.80 bits per heavy atom. The first-order chi connectivity index (χ1) is 4.61. The fourth-order valence-electron chi connectivity index (χ4n) is 0.464. The minimum absolute atomic E-state index is 0.0123. The fraction of sp³-hybridized carbons (Fsp3) is 0. The van der Waals surface area contributed by atoms with Crippen molar-refractivity contribution in [2.45, 2.75) is 0 Å². The maximum atomic E-state index is 10.7. The number of aromatic hydroxyl groups is 1. The Hall–Kier alpha value is -1.04. The Labute approximate surface area is 64.0 Å². The van der Waals surface area contributed by atoms with Crippen molar-refractivity contribution in [3.05, 3.63) is 14.8 Å². The van der Waals surface area contributed by atoms with E-state index < -0.39 is 11.4 Å². The average molecular weight is 206 g/mol. The number of hydrogen-bond acceptors (Lipinski definition) is 4. The van der Waals surface area contributed by atoms with E-state index >= 15 is 0 Å². The number of halogens is 1. The SMILES string of the molecule is Nc1nc(O)c(Br)c(=O)[nH]1. The molecule has 0 radical (unpaired) electrons. The van der Waals surface area contributed by atoms with Crippen molar-refractivity contribution in [2.75, 3.05) is 5.73 Å². The van der Waals surface area contributed by atoms with E-state index in [2.05, 4.69) is 25.9 Å². The lowest BCUT2D eigenvalue weighted by atomic mass is 10.6. The first kappa shape index (κ1) is 7.07. The van der Waals surface area contributed by atoms with E-state index in [9.17, 15) is 4.79 Å². The summed E-state index contributed by atoms with van der Waals surface area (Å²) >= 11 is 2.80. The zero-order chi connectivity index (χ0) is 7.72. The maximum Gasteiger partial charge on any atom is 0.270 e. The van der Waals surface area contributed by atoms with E-state index in [1.54, 1.807) is 0 Å². The highest BCUT2D eigenvalue weighted by molar-refractivity contribution is 9.10. The van der Waals surface area contributed by atoms with Crippen molar-refractivity contribution < 1.29 is 5.11 Å². The fourth-order valence-corrected chi connectivity index (χ4v) is 0.652. The molecule has 0 aliphatic rings. The third kappa shape index (κ3) is 1.10. The molecular formula is C4H4BrN3O2. The molecule has 1 rings (SSSR count). The molecule has 6 heteroatoms. The molecule has 0 fully saturated rings. The summed E-state index contributed by atoms with van der Waals surface area (Å²) in [6.45, 7) is 0. The molecule has 0 saturated heterocycles. The van der Waals surface area contributed by atoms with Gasteiger partial charge in [-0.1, -0.05) is 0 Å². The highest BCUT2D eigenvalue weighted by Gasteiger charge is 2.03. The molecular weight excluding hydrogens is 202 g/mol. The molecule has 0 bridgehead atoms. The molecule has 54 valence electrons. The molecule has 1 aromatic heterocycles. The van der Waals surface area contributed by atoms with Crippen molar-refractivity contribution >= 4 is 21.9 Å². The van der Waals surface area contributed by atoms with Gasteiger partial charge >= 0.3 is 0 Å². The van der Waals surface area contributed by atoms with Gasteiger partial charge in [-0.05, 0) is 15.9 Å². The van der Waals surface area contributed by atoms with Gasteiger partial charge in [0.15, 0.2) is 0 Å². The molecule has 0 atom stereocenters. The summed E-state index contributed by atoms with van der Waals surface area (Å²) in [5, 5.41) is 8.82. The minimum atomic E-state index is -0.495. The van der Waals surface area contributed by atoms with E-state index in [-0.39, 0.29) is 10.4 Å². The summed E-state index contributed by atoms with van der Waals surface area (Å²) in [7, 11) is 0.